The van der Waals surface area contributed by atoms with Gasteiger partial charge in [0.05, 0.1) is 12.8 Å². The zero-order valence-corrected chi connectivity index (χ0v) is 9.45. The average molecular weight is 291 g/mol. The molecule has 0 radical (unpaired) electrons. The maximum absolute atomic E-state index is 11.4. The van der Waals surface area contributed by atoms with E-state index in [0.29, 0.717) is 12.8 Å². The second-order valence-electron chi connectivity index (χ2n) is 3.13. The summed E-state index contributed by atoms with van der Waals surface area (Å²) in [6.07, 6.45) is 2.68. The van der Waals surface area contributed by atoms with E-state index in [4.69, 9.17) is 11.3 Å². The van der Waals surface area contributed by atoms with Gasteiger partial charge in [0.1, 0.15) is 6.10 Å². The molecular formula is C9H10INO2. The molecule has 13 heavy (non-hydrogen) atoms. The van der Waals surface area contributed by atoms with Crippen LogP contribution in [-0.2, 0) is 9.53 Å². The zero-order chi connectivity index (χ0) is 9.90. The van der Waals surface area contributed by atoms with Crippen LogP contribution < -0.4 is 0 Å². The molecule has 0 aromatic rings. The SMILES string of the molecule is [C-]#[N+][C@]1(CC=CI)C[C@H](C)OC1=O. The molecule has 0 amide bonds. The quantitative estimate of drug-likeness (QED) is 0.444. The van der Waals surface area contributed by atoms with Crippen molar-refractivity contribution < 1.29 is 9.53 Å². The molecule has 2 atom stereocenters. The van der Waals surface area contributed by atoms with Crippen LogP contribution in [0.2, 0.25) is 0 Å². The predicted octanol–water partition coefficient (Wildman–Crippen LogP) is 2.32. The molecular weight excluding hydrogens is 281 g/mol. The first-order valence-electron chi connectivity index (χ1n) is 3.99. The number of hydrogen-bond acceptors (Lipinski definition) is 2. The molecule has 0 aromatic heterocycles. The summed E-state index contributed by atoms with van der Waals surface area (Å²) in [5.41, 5.74) is -0.943. The average Bonchev–Trinajstić information content (AvgIpc) is 2.38. The van der Waals surface area contributed by atoms with E-state index >= 15 is 0 Å². The smallest absolute Gasteiger partial charge is 0.394 e. The fourth-order valence-electron chi connectivity index (χ4n) is 1.44. The standard InChI is InChI=1S/C9H10INO2/c1-7-6-9(11-2,4-3-5-10)8(12)13-7/h3,5,7H,4,6H2,1H3/t7-,9+/m0/s1. The second-order valence-corrected chi connectivity index (χ2v) is 3.85. The molecule has 0 bridgehead atoms. The van der Waals surface area contributed by atoms with Crippen molar-refractivity contribution in [1.29, 1.82) is 0 Å². The summed E-state index contributed by atoms with van der Waals surface area (Å²) in [7, 11) is 0. The van der Waals surface area contributed by atoms with Crippen LogP contribution in [0.4, 0.5) is 0 Å². The Kier molecular flexibility index (Phi) is 3.31. The van der Waals surface area contributed by atoms with Crippen LogP contribution in [0.5, 0.6) is 0 Å². The van der Waals surface area contributed by atoms with Gasteiger partial charge in [-0.05, 0) is 11.0 Å². The number of carbonyl (C=O) groups excluding carboxylic acids is 1. The fraction of sp³-hybridized carbons (Fsp3) is 0.556. The topological polar surface area (TPSA) is 30.7 Å². The van der Waals surface area contributed by atoms with Gasteiger partial charge in [-0.1, -0.05) is 28.7 Å². The normalized spacial score (nSPS) is 33.3. The summed E-state index contributed by atoms with van der Waals surface area (Å²) in [5.74, 6) is -0.371. The molecule has 3 nitrogen and oxygen atoms in total. The van der Waals surface area contributed by atoms with E-state index in [2.05, 4.69) is 27.4 Å². The van der Waals surface area contributed by atoms with Crippen LogP contribution in [0.1, 0.15) is 19.8 Å². The van der Waals surface area contributed by atoms with Gasteiger partial charge in [-0.25, -0.2) is 11.4 Å². The molecule has 0 N–H and O–H groups in total. The number of esters is 1. The minimum atomic E-state index is -0.943. The van der Waals surface area contributed by atoms with Gasteiger partial charge in [0.2, 0.25) is 0 Å². The summed E-state index contributed by atoms with van der Waals surface area (Å²) in [5, 5.41) is 0. The number of halogens is 1. The monoisotopic (exact) mass is 291 g/mol. The molecule has 0 unspecified atom stereocenters. The van der Waals surface area contributed by atoms with Crippen molar-refractivity contribution in [2.75, 3.05) is 0 Å². The Hall–Kier alpha value is -0.570. The van der Waals surface area contributed by atoms with Gasteiger partial charge in [-0.15, -0.1) is 0 Å². The molecule has 1 saturated heterocycles. The Morgan fingerprint density at radius 2 is 2.62 bits per heavy atom. The molecule has 1 aliphatic rings. The third-order valence-electron chi connectivity index (χ3n) is 2.07. The van der Waals surface area contributed by atoms with Crippen molar-refractivity contribution in [3.05, 3.63) is 21.6 Å². The molecule has 1 fully saturated rings. The Bertz CT molecular complexity index is 282. The maximum atomic E-state index is 11.4. The van der Waals surface area contributed by atoms with E-state index in [1.165, 1.54) is 0 Å². The summed E-state index contributed by atoms with van der Waals surface area (Å²) in [6.45, 7) is 8.85. The Morgan fingerprint density at radius 1 is 1.92 bits per heavy atom. The van der Waals surface area contributed by atoms with E-state index in [1.807, 2.05) is 17.1 Å². The molecule has 1 aliphatic heterocycles. The van der Waals surface area contributed by atoms with Crippen LogP contribution in [-0.4, -0.2) is 17.6 Å². The minimum absolute atomic E-state index is 0.121. The number of ether oxygens (including phenoxy) is 1. The van der Waals surface area contributed by atoms with Crippen LogP contribution >= 0.6 is 22.6 Å². The van der Waals surface area contributed by atoms with Gasteiger partial charge < -0.3 is 4.74 Å². The Labute approximate surface area is 91.1 Å². The summed E-state index contributed by atoms with van der Waals surface area (Å²) in [6, 6.07) is 0. The lowest BCUT2D eigenvalue weighted by molar-refractivity contribution is -0.143. The lowest BCUT2D eigenvalue weighted by Crippen LogP contribution is -2.29. The van der Waals surface area contributed by atoms with Crippen molar-refractivity contribution in [2.24, 2.45) is 0 Å². The lowest BCUT2D eigenvalue weighted by atomic mass is 9.93. The highest BCUT2D eigenvalue weighted by Gasteiger charge is 2.53. The van der Waals surface area contributed by atoms with Gasteiger partial charge in [0.15, 0.2) is 0 Å². The first-order valence-corrected chi connectivity index (χ1v) is 5.24. The number of hydrogen-bond donors (Lipinski definition) is 0. The van der Waals surface area contributed by atoms with Crippen LogP contribution in [0.25, 0.3) is 4.85 Å². The van der Waals surface area contributed by atoms with Gasteiger partial charge in [-0.2, -0.15) is 0 Å². The number of cyclic esters (lactones) is 1. The number of carbonyl (C=O) groups is 1. The number of nitrogens with zero attached hydrogens (tertiary/aromatic N) is 1. The van der Waals surface area contributed by atoms with Gasteiger partial charge >= 0.3 is 11.5 Å². The van der Waals surface area contributed by atoms with E-state index in [1.54, 1.807) is 0 Å². The Balaban J connectivity index is 2.82. The van der Waals surface area contributed by atoms with Crippen molar-refractivity contribution in [2.45, 2.75) is 31.4 Å². The molecule has 0 aliphatic carbocycles. The lowest BCUT2D eigenvalue weighted by Gasteiger charge is -2.07. The van der Waals surface area contributed by atoms with Crippen LogP contribution in [0.3, 0.4) is 0 Å². The largest absolute Gasteiger partial charge is 0.456 e. The second kappa shape index (κ2) is 4.09. The summed E-state index contributed by atoms with van der Waals surface area (Å²) >= 11 is 2.07. The third kappa shape index (κ3) is 2.02. The highest BCUT2D eigenvalue weighted by Crippen LogP contribution is 2.33. The Morgan fingerprint density at radius 3 is 3.00 bits per heavy atom. The van der Waals surface area contributed by atoms with E-state index in [0.717, 1.165) is 0 Å². The highest BCUT2D eigenvalue weighted by atomic mass is 127. The van der Waals surface area contributed by atoms with Crippen molar-refractivity contribution in [3.63, 3.8) is 0 Å². The molecule has 4 heteroatoms. The van der Waals surface area contributed by atoms with Crippen LogP contribution in [0.15, 0.2) is 10.2 Å². The summed E-state index contributed by atoms with van der Waals surface area (Å²) < 4.78 is 6.80. The van der Waals surface area contributed by atoms with Gasteiger partial charge in [-0.3, -0.25) is 4.85 Å². The third-order valence-corrected chi connectivity index (χ3v) is 2.58. The summed E-state index contributed by atoms with van der Waals surface area (Å²) in [4.78, 5) is 14.8. The first-order chi connectivity index (χ1) is 6.14. The fourth-order valence-corrected chi connectivity index (χ4v) is 1.69. The predicted molar refractivity (Wildman–Crippen MR) is 57.3 cm³/mol. The zero-order valence-electron chi connectivity index (χ0n) is 7.29. The minimum Gasteiger partial charge on any atom is -0.456 e. The molecule has 1 heterocycles. The van der Waals surface area contributed by atoms with Gasteiger partial charge in [0, 0.05) is 0 Å². The van der Waals surface area contributed by atoms with E-state index < -0.39 is 5.54 Å². The van der Waals surface area contributed by atoms with Gasteiger partial charge in [0.25, 0.3) is 0 Å². The van der Waals surface area contributed by atoms with Crippen LogP contribution in [0, 0.1) is 6.57 Å². The maximum Gasteiger partial charge on any atom is 0.394 e. The van der Waals surface area contributed by atoms with E-state index in [9.17, 15) is 4.79 Å². The van der Waals surface area contributed by atoms with E-state index in [-0.39, 0.29) is 12.1 Å². The molecule has 1 rings (SSSR count). The van der Waals surface area contributed by atoms with Crippen molar-refractivity contribution >= 4 is 28.6 Å². The molecule has 0 saturated carbocycles. The highest BCUT2D eigenvalue weighted by molar-refractivity contribution is 14.1. The number of rotatable bonds is 2. The van der Waals surface area contributed by atoms with Crippen molar-refractivity contribution in [3.8, 4) is 0 Å². The van der Waals surface area contributed by atoms with Crippen molar-refractivity contribution in [1.82, 2.24) is 0 Å². The first kappa shape index (κ1) is 10.5. The molecule has 0 spiro atoms. The molecule has 70 valence electrons. The molecule has 0 aromatic carbocycles.